The van der Waals surface area contributed by atoms with Gasteiger partial charge in [0, 0.05) is 19.0 Å². The lowest BCUT2D eigenvalue weighted by Crippen LogP contribution is -2.40. The van der Waals surface area contributed by atoms with E-state index < -0.39 is 0 Å². The van der Waals surface area contributed by atoms with Crippen molar-refractivity contribution >= 4 is 5.78 Å². The number of carbonyl (C=O) groups excluding carboxylic acids is 1. The van der Waals surface area contributed by atoms with Crippen LogP contribution in [0.2, 0.25) is 0 Å². The molecule has 1 aliphatic heterocycles. The molecule has 3 heteroatoms. The van der Waals surface area contributed by atoms with E-state index in [0.29, 0.717) is 18.4 Å². The first kappa shape index (κ1) is 12.7. The molecule has 1 atom stereocenters. The molecule has 0 N–H and O–H groups in total. The number of likely N-dealkylation sites (N-methyl/N-ethyl adjacent to an activating group) is 1. The second-order valence-corrected chi connectivity index (χ2v) is 4.82. The lowest BCUT2D eigenvalue weighted by Gasteiger charge is -2.26. The van der Waals surface area contributed by atoms with Gasteiger partial charge in [0.1, 0.15) is 5.78 Å². The fourth-order valence-corrected chi connectivity index (χ4v) is 2.32. The third-order valence-electron chi connectivity index (χ3n) is 2.98. The summed E-state index contributed by atoms with van der Waals surface area (Å²) in [5.41, 5.74) is 0. The molecule has 1 unspecified atom stereocenters. The van der Waals surface area contributed by atoms with Crippen LogP contribution in [0.3, 0.4) is 0 Å². The molecule has 3 nitrogen and oxygen atoms in total. The van der Waals surface area contributed by atoms with E-state index in [4.69, 9.17) is 0 Å². The number of nitrogens with zero attached hydrogens (tertiary/aromatic N) is 2. The van der Waals surface area contributed by atoms with Gasteiger partial charge < -0.3 is 4.90 Å². The van der Waals surface area contributed by atoms with Crippen LogP contribution in [0.1, 0.15) is 32.6 Å². The van der Waals surface area contributed by atoms with Gasteiger partial charge in [0.25, 0.3) is 0 Å². The highest BCUT2D eigenvalue weighted by Gasteiger charge is 2.25. The van der Waals surface area contributed by atoms with Crippen molar-refractivity contribution in [2.45, 2.75) is 38.6 Å². The summed E-state index contributed by atoms with van der Waals surface area (Å²) < 4.78 is 0. The second kappa shape index (κ2) is 6.23. The van der Waals surface area contributed by atoms with Crippen LogP contribution in [0.5, 0.6) is 0 Å². The number of rotatable bonds is 6. The van der Waals surface area contributed by atoms with E-state index in [-0.39, 0.29) is 0 Å². The fourth-order valence-electron chi connectivity index (χ4n) is 2.32. The molecule has 0 bridgehead atoms. The zero-order valence-electron chi connectivity index (χ0n) is 10.3. The zero-order chi connectivity index (χ0) is 11.3. The lowest BCUT2D eigenvalue weighted by atomic mass is 10.2. The summed E-state index contributed by atoms with van der Waals surface area (Å²) in [6, 6.07) is 0.598. The first-order chi connectivity index (χ1) is 7.13. The zero-order valence-corrected chi connectivity index (χ0v) is 10.3. The Kier molecular flexibility index (Phi) is 5.26. The van der Waals surface area contributed by atoms with E-state index in [0.717, 1.165) is 25.9 Å². The summed E-state index contributed by atoms with van der Waals surface area (Å²) in [7, 11) is 4.20. The Morgan fingerprint density at radius 1 is 1.47 bits per heavy atom. The second-order valence-electron chi connectivity index (χ2n) is 4.82. The number of carbonyl (C=O) groups is 1. The normalized spacial score (nSPS) is 22.5. The molecule has 1 saturated heterocycles. The number of likely N-dealkylation sites (tertiary alicyclic amines) is 1. The van der Waals surface area contributed by atoms with Crippen LogP contribution in [-0.2, 0) is 4.79 Å². The summed E-state index contributed by atoms with van der Waals surface area (Å²) in [6.07, 6.45) is 4.21. The summed E-state index contributed by atoms with van der Waals surface area (Å²) in [6.45, 7) is 4.93. The molecule has 1 aliphatic rings. The Bertz CT molecular complexity index is 204. The van der Waals surface area contributed by atoms with Gasteiger partial charge in [-0.15, -0.1) is 0 Å². The summed E-state index contributed by atoms with van der Waals surface area (Å²) >= 11 is 0. The summed E-state index contributed by atoms with van der Waals surface area (Å²) in [5, 5.41) is 0. The van der Waals surface area contributed by atoms with Crippen molar-refractivity contribution in [2.75, 3.05) is 33.7 Å². The largest absolute Gasteiger partial charge is 0.308 e. The summed E-state index contributed by atoms with van der Waals surface area (Å²) in [5.74, 6) is 0.406. The predicted molar refractivity (Wildman–Crippen MR) is 63.1 cm³/mol. The maximum absolute atomic E-state index is 11.6. The molecule has 1 rings (SSSR count). The van der Waals surface area contributed by atoms with Crippen molar-refractivity contribution in [1.29, 1.82) is 0 Å². The molecule has 0 radical (unpaired) electrons. The van der Waals surface area contributed by atoms with Crippen LogP contribution in [0.25, 0.3) is 0 Å². The lowest BCUT2D eigenvalue weighted by molar-refractivity contribution is -0.120. The van der Waals surface area contributed by atoms with Crippen molar-refractivity contribution in [3.63, 3.8) is 0 Å². The van der Waals surface area contributed by atoms with Crippen LogP contribution >= 0.6 is 0 Å². The van der Waals surface area contributed by atoms with E-state index in [1.807, 2.05) is 0 Å². The smallest absolute Gasteiger partial charge is 0.146 e. The molecule has 0 aromatic carbocycles. The van der Waals surface area contributed by atoms with Crippen molar-refractivity contribution in [2.24, 2.45) is 0 Å². The molecule has 88 valence electrons. The van der Waals surface area contributed by atoms with Gasteiger partial charge in [-0.05, 0) is 39.9 Å². The van der Waals surface area contributed by atoms with Gasteiger partial charge in [-0.2, -0.15) is 0 Å². The average molecular weight is 212 g/mol. The van der Waals surface area contributed by atoms with Crippen molar-refractivity contribution in [3.8, 4) is 0 Å². The van der Waals surface area contributed by atoms with Crippen molar-refractivity contribution < 1.29 is 4.79 Å². The van der Waals surface area contributed by atoms with Crippen LogP contribution in [0.4, 0.5) is 0 Å². The molecule has 0 saturated carbocycles. The summed E-state index contributed by atoms with van der Waals surface area (Å²) in [4.78, 5) is 16.1. The molecule has 0 aromatic rings. The topological polar surface area (TPSA) is 23.6 Å². The van der Waals surface area contributed by atoms with Gasteiger partial charge in [-0.25, -0.2) is 0 Å². The van der Waals surface area contributed by atoms with E-state index in [1.165, 1.54) is 12.8 Å². The number of hydrogen-bond donors (Lipinski definition) is 0. The van der Waals surface area contributed by atoms with Crippen molar-refractivity contribution in [1.82, 2.24) is 9.80 Å². The van der Waals surface area contributed by atoms with Gasteiger partial charge in [-0.3, -0.25) is 9.69 Å². The molecular weight excluding hydrogens is 188 g/mol. The minimum absolute atomic E-state index is 0.406. The van der Waals surface area contributed by atoms with Gasteiger partial charge in [-0.1, -0.05) is 6.92 Å². The van der Waals surface area contributed by atoms with Gasteiger partial charge in [0.05, 0.1) is 6.54 Å². The monoisotopic (exact) mass is 212 g/mol. The Morgan fingerprint density at radius 2 is 2.20 bits per heavy atom. The van der Waals surface area contributed by atoms with E-state index in [9.17, 15) is 4.79 Å². The van der Waals surface area contributed by atoms with Gasteiger partial charge in [0.2, 0.25) is 0 Å². The molecule has 1 heterocycles. The van der Waals surface area contributed by atoms with Gasteiger partial charge >= 0.3 is 0 Å². The highest BCUT2D eigenvalue weighted by molar-refractivity contribution is 5.80. The molecule has 15 heavy (non-hydrogen) atoms. The third-order valence-corrected chi connectivity index (χ3v) is 2.98. The average Bonchev–Trinajstić information content (AvgIpc) is 2.52. The fraction of sp³-hybridized carbons (Fsp3) is 0.917. The van der Waals surface area contributed by atoms with Crippen molar-refractivity contribution in [3.05, 3.63) is 0 Å². The van der Waals surface area contributed by atoms with Gasteiger partial charge in [0.15, 0.2) is 0 Å². The van der Waals surface area contributed by atoms with Crippen LogP contribution in [0, 0.1) is 0 Å². The first-order valence-corrected chi connectivity index (χ1v) is 6.04. The molecule has 0 aromatic heterocycles. The highest BCUT2D eigenvalue weighted by atomic mass is 16.1. The predicted octanol–water partition coefficient (Wildman–Crippen LogP) is 1.38. The molecule has 0 amide bonds. The number of hydrogen-bond acceptors (Lipinski definition) is 3. The minimum Gasteiger partial charge on any atom is -0.308 e. The Morgan fingerprint density at radius 3 is 2.80 bits per heavy atom. The molecule has 0 aliphatic carbocycles. The maximum Gasteiger partial charge on any atom is 0.146 e. The first-order valence-electron chi connectivity index (χ1n) is 6.04. The van der Waals surface area contributed by atoms with Crippen LogP contribution in [-0.4, -0.2) is 55.4 Å². The Hall–Kier alpha value is -0.410. The molecule has 0 spiro atoms. The highest BCUT2D eigenvalue weighted by Crippen LogP contribution is 2.17. The van der Waals surface area contributed by atoms with Crippen LogP contribution in [0.15, 0.2) is 0 Å². The quantitative estimate of drug-likeness (QED) is 0.664. The third kappa shape index (κ3) is 4.31. The molecule has 1 fully saturated rings. The van der Waals surface area contributed by atoms with E-state index >= 15 is 0 Å². The number of ketones is 1. The SMILES string of the molecule is CCCC(=O)CN1CCCC1CN(C)C. The standard InChI is InChI=1S/C12H24N2O/c1-4-6-12(15)10-14-8-5-7-11(14)9-13(2)3/h11H,4-10H2,1-3H3. The Balaban J connectivity index is 2.35. The van der Waals surface area contributed by atoms with E-state index in [1.54, 1.807) is 0 Å². The van der Waals surface area contributed by atoms with Crippen LogP contribution < -0.4 is 0 Å². The molecular formula is C12H24N2O. The Labute approximate surface area is 93.4 Å². The maximum atomic E-state index is 11.6. The number of Topliss-reactive ketones (excluding diaryl/α,β-unsaturated/α-hetero) is 1. The van der Waals surface area contributed by atoms with E-state index in [2.05, 4.69) is 30.8 Å². The minimum atomic E-state index is 0.406.